The SMILES string of the molecule is CC1CN(Cc2ccc(F)cc2F)C(C)CCN1. The van der Waals surface area contributed by atoms with E-state index in [1.807, 2.05) is 0 Å². The van der Waals surface area contributed by atoms with Gasteiger partial charge in [-0.05, 0) is 32.9 Å². The summed E-state index contributed by atoms with van der Waals surface area (Å²) in [6.07, 6.45) is 1.05. The van der Waals surface area contributed by atoms with Crippen molar-refractivity contribution in [2.75, 3.05) is 13.1 Å². The average molecular weight is 254 g/mol. The highest BCUT2D eigenvalue weighted by Gasteiger charge is 2.21. The van der Waals surface area contributed by atoms with E-state index in [0.29, 0.717) is 24.2 Å². The topological polar surface area (TPSA) is 15.3 Å². The molecule has 1 aliphatic rings. The Balaban J connectivity index is 2.10. The van der Waals surface area contributed by atoms with Crippen LogP contribution in [0.4, 0.5) is 8.78 Å². The van der Waals surface area contributed by atoms with Crippen molar-refractivity contribution in [1.29, 1.82) is 0 Å². The van der Waals surface area contributed by atoms with Gasteiger partial charge >= 0.3 is 0 Å². The fraction of sp³-hybridized carbons (Fsp3) is 0.571. The van der Waals surface area contributed by atoms with Crippen molar-refractivity contribution in [3.8, 4) is 0 Å². The predicted molar refractivity (Wildman–Crippen MR) is 68.3 cm³/mol. The van der Waals surface area contributed by atoms with Crippen molar-refractivity contribution in [2.45, 2.75) is 38.9 Å². The molecule has 1 aromatic carbocycles. The van der Waals surface area contributed by atoms with Gasteiger partial charge in [0.15, 0.2) is 0 Å². The number of benzene rings is 1. The monoisotopic (exact) mass is 254 g/mol. The van der Waals surface area contributed by atoms with Gasteiger partial charge < -0.3 is 5.32 Å². The molecule has 1 aliphatic heterocycles. The first-order chi connectivity index (χ1) is 8.56. The smallest absolute Gasteiger partial charge is 0.130 e. The molecule has 2 rings (SSSR count). The lowest BCUT2D eigenvalue weighted by Crippen LogP contribution is -2.38. The summed E-state index contributed by atoms with van der Waals surface area (Å²) in [6.45, 7) is 6.70. The van der Waals surface area contributed by atoms with Gasteiger partial charge in [0.05, 0.1) is 0 Å². The maximum absolute atomic E-state index is 13.6. The standard InChI is InChI=1S/C14H20F2N2/c1-10-8-18(11(2)5-6-17-10)9-12-3-4-13(15)7-14(12)16/h3-4,7,10-11,17H,5-6,8-9H2,1-2H3. The molecule has 18 heavy (non-hydrogen) atoms. The number of rotatable bonds is 2. The fourth-order valence-corrected chi connectivity index (χ4v) is 2.41. The molecular weight excluding hydrogens is 234 g/mol. The van der Waals surface area contributed by atoms with Gasteiger partial charge in [0, 0.05) is 36.8 Å². The Hall–Kier alpha value is -1.00. The predicted octanol–water partition coefficient (Wildman–Crippen LogP) is 2.54. The third-order valence-electron chi connectivity index (χ3n) is 3.58. The van der Waals surface area contributed by atoms with E-state index >= 15 is 0 Å². The summed E-state index contributed by atoms with van der Waals surface area (Å²) in [4.78, 5) is 2.25. The van der Waals surface area contributed by atoms with E-state index in [1.165, 1.54) is 6.07 Å². The van der Waals surface area contributed by atoms with Gasteiger partial charge in [-0.2, -0.15) is 0 Å². The summed E-state index contributed by atoms with van der Waals surface area (Å²) in [7, 11) is 0. The van der Waals surface area contributed by atoms with Crippen LogP contribution in [-0.4, -0.2) is 30.1 Å². The second-order valence-corrected chi connectivity index (χ2v) is 5.16. The number of halogens is 2. The molecule has 100 valence electrons. The molecular formula is C14H20F2N2. The van der Waals surface area contributed by atoms with Gasteiger partial charge in [-0.3, -0.25) is 4.90 Å². The van der Waals surface area contributed by atoms with Gasteiger partial charge in [-0.15, -0.1) is 0 Å². The third-order valence-corrected chi connectivity index (χ3v) is 3.58. The van der Waals surface area contributed by atoms with Crippen LogP contribution in [0.2, 0.25) is 0 Å². The lowest BCUT2D eigenvalue weighted by Gasteiger charge is -2.28. The van der Waals surface area contributed by atoms with E-state index < -0.39 is 11.6 Å². The fourth-order valence-electron chi connectivity index (χ4n) is 2.41. The summed E-state index contributed by atoms with van der Waals surface area (Å²) < 4.78 is 26.5. The molecule has 2 atom stereocenters. The van der Waals surface area contributed by atoms with Crippen molar-refractivity contribution in [1.82, 2.24) is 10.2 Å². The lowest BCUT2D eigenvalue weighted by atomic mass is 10.1. The minimum atomic E-state index is -0.518. The molecule has 2 nitrogen and oxygen atoms in total. The van der Waals surface area contributed by atoms with E-state index in [2.05, 4.69) is 24.1 Å². The largest absolute Gasteiger partial charge is 0.313 e. The summed E-state index contributed by atoms with van der Waals surface area (Å²) >= 11 is 0. The molecule has 1 fully saturated rings. The number of nitrogens with zero attached hydrogens (tertiary/aromatic N) is 1. The Morgan fingerprint density at radius 3 is 2.83 bits per heavy atom. The zero-order valence-corrected chi connectivity index (χ0v) is 10.9. The summed E-state index contributed by atoms with van der Waals surface area (Å²) in [5.74, 6) is -0.970. The first kappa shape index (κ1) is 13.4. The molecule has 0 aromatic heterocycles. The molecule has 0 bridgehead atoms. The molecule has 4 heteroatoms. The lowest BCUT2D eigenvalue weighted by molar-refractivity contribution is 0.196. The maximum atomic E-state index is 13.6. The molecule has 2 unspecified atom stereocenters. The first-order valence-electron chi connectivity index (χ1n) is 6.47. The Bertz CT molecular complexity index is 409. The quantitative estimate of drug-likeness (QED) is 0.872. The van der Waals surface area contributed by atoms with Crippen molar-refractivity contribution < 1.29 is 8.78 Å². The molecule has 0 spiro atoms. The van der Waals surface area contributed by atoms with Crippen LogP contribution in [0.5, 0.6) is 0 Å². The van der Waals surface area contributed by atoms with Crippen LogP contribution in [0.15, 0.2) is 18.2 Å². The van der Waals surface area contributed by atoms with Crippen LogP contribution in [0.1, 0.15) is 25.8 Å². The van der Waals surface area contributed by atoms with E-state index in [4.69, 9.17) is 0 Å². The zero-order valence-electron chi connectivity index (χ0n) is 10.9. The molecule has 1 N–H and O–H groups in total. The van der Waals surface area contributed by atoms with Crippen LogP contribution in [-0.2, 0) is 6.54 Å². The van der Waals surface area contributed by atoms with Gasteiger partial charge in [0.25, 0.3) is 0 Å². The number of hydrogen-bond donors (Lipinski definition) is 1. The highest BCUT2D eigenvalue weighted by Crippen LogP contribution is 2.16. The first-order valence-corrected chi connectivity index (χ1v) is 6.47. The summed E-state index contributed by atoms with van der Waals surface area (Å²) in [5.41, 5.74) is 0.567. The molecule has 1 heterocycles. The van der Waals surface area contributed by atoms with Crippen molar-refractivity contribution in [2.24, 2.45) is 0 Å². The van der Waals surface area contributed by atoms with Crippen LogP contribution >= 0.6 is 0 Å². The van der Waals surface area contributed by atoms with Crippen molar-refractivity contribution in [3.05, 3.63) is 35.4 Å². The highest BCUT2D eigenvalue weighted by atomic mass is 19.1. The van der Waals surface area contributed by atoms with Gasteiger partial charge in [-0.1, -0.05) is 6.07 Å². The van der Waals surface area contributed by atoms with Gasteiger partial charge in [-0.25, -0.2) is 8.78 Å². The minimum Gasteiger partial charge on any atom is -0.313 e. The number of hydrogen-bond acceptors (Lipinski definition) is 2. The number of nitrogens with one attached hydrogen (secondary N) is 1. The molecule has 0 amide bonds. The zero-order chi connectivity index (χ0) is 13.1. The Morgan fingerprint density at radius 2 is 2.11 bits per heavy atom. The van der Waals surface area contributed by atoms with Gasteiger partial charge in [0.1, 0.15) is 11.6 Å². The Labute approximate surface area is 107 Å². The van der Waals surface area contributed by atoms with Crippen LogP contribution in [0.3, 0.4) is 0 Å². The second kappa shape index (κ2) is 5.76. The minimum absolute atomic E-state index is 0.401. The molecule has 0 aliphatic carbocycles. The normalized spacial score (nSPS) is 26.0. The van der Waals surface area contributed by atoms with Gasteiger partial charge in [0.2, 0.25) is 0 Å². The Morgan fingerprint density at radius 1 is 1.33 bits per heavy atom. The van der Waals surface area contributed by atoms with Crippen molar-refractivity contribution >= 4 is 0 Å². The van der Waals surface area contributed by atoms with Crippen LogP contribution in [0, 0.1) is 11.6 Å². The molecule has 1 aromatic rings. The van der Waals surface area contributed by atoms with Crippen LogP contribution < -0.4 is 5.32 Å². The average Bonchev–Trinajstić information content (AvgIpc) is 2.45. The van der Waals surface area contributed by atoms with Crippen molar-refractivity contribution in [3.63, 3.8) is 0 Å². The van der Waals surface area contributed by atoms with E-state index in [1.54, 1.807) is 6.07 Å². The summed E-state index contributed by atoms with van der Waals surface area (Å²) in [6, 6.07) is 4.63. The molecule has 0 radical (unpaired) electrons. The summed E-state index contributed by atoms with van der Waals surface area (Å²) in [5, 5.41) is 3.42. The molecule has 1 saturated heterocycles. The molecule has 0 saturated carbocycles. The van der Waals surface area contributed by atoms with E-state index in [-0.39, 0.29) is 0 Å². The maximum Gasteiger partial charge on any atom is 0.130 e. The highest BCUT2D eigenvalue weighted by molar-refractivity contribution is 5.18. The van der Waals surface area contributed by atoms with E-state index in [0.717, 1.165) is 25.6 Å². The van der Waals surface area contributed by atoms with Crippen LogP contribution in [0.25, 0.3) is 0 Å². The second-order valence-electron chi connectivity index (χ2n) is 5.16. The van der Waals surface area contributed by atoms with E-state index in [9.17, 15) is 8.78 Å². The Kier molecular flexibility index (Phi) is 4.30. The third kappa shape index (κ3) is 3.27.